The van der Waals surface area contributed by atoms with E-state index in [1.54, 1.807) is 0 Å². The van der Waals surface area contributed by atoms with Gasteiger partial charge in [0, 0.05) is 0 Å². The summed E-state index contributed by atoms with van der Waals surface area (Å²) in [6.07, 6.45) is 6.09. The van der Waals surface area contributed by atoms with E-state index in [2.05, 4.69) is 9.88 Å². The lowest BCUT2D eigenvalue weighted by molar-refractivity contribution is 0.306. The summed E-state index contributed by atoms with van der Waals surface area (Å²) in [7, 11) is -3.38. The molecule has 94 valence electrons. The third-order valence-corrected chi connectivity index (χ3v) is 3.70. The molecule has 0 spiro atoms. The Morgan fingerprint density at radius 3 is 2.19 bits per heavy atom. The average molecular weight is 249 g/mol. The van der Waals surface area contributed by atoms with Gasteiger partial charge in [0.15, 0.2) is 5.84 Å². The Morgan fingerprint density at radius 2 is 1.81 bits per heavy atom. The molecule has 0 amide bonds. The van der Waals surface area contributed by atoms with Gasteiger partial charge in [-0.25, -0.2) is 13.1 Å². The quantitative estimate of drug-likeness (QED) is 0.221. The molecule has 0 unspecified atom stereocenters. The highest BCUT2D eigenvalue weighted by Crippen LogP contribution is 2.28. The van der Waals surface area contributed by atoms with Crippen LogP contribution in [0, 0.1) is 0 Å². The molecule has 0 saturated heterocycles. The predicted octanol–water partition coefficient (Wildman–Crippen LogP) is 0.375. The zero-order valence-corrected chi connectivity index (χ0v) is 10.3. The molecule has 1 aliphatic carbocycles. The summed E-state index contributed by atoms with van der Waals surface area (Å²) in [5.74, 6) is -0.0418. The summed E-state index contributed by atoms with van der Waals surface area (Å²) < 4.78 is 25.2. The van der Waals surface area contributed by atoms with Crippen molar-refractivity contribution in [1.82, 2.24) is 4.72 Å². The molecule has 7 heteroatoms. The number of hydrogen-bond donors (Lipinski definition) is 3. The maximum Gasteiger partial charge on any atom is 0.209 e. The van der Waals surface area contributed by atoms with Gasteiger partial charge in [-0.15, -0.1) is 0 Å². The van der Waals surface area contributed by atoms with Gasteiger partial charge >= 0.3 is 0 Å². The summed E-state index contributed by atoms with van der Waals surface area (Å²) >= 11 is 0. The number of amidine groups is 1. The number of rotatable bonds is 3. The molecule has 0 aliphatic heterocycles. The first-order valence-corrected chi connectivity index (χ1v) is 7.26. The predicted molar refractivity (Wildman–Crippen MR) is 61.8 cm³/mol. The van der Waals surface area contributed by atoms with Crippen LogP contribution in [-0.4, -0.2) is 31.3 Å². The number of sulfonamides is 1. The van der Waals surface area contributed by atoms with Gasteiger partial charge in [-0.1, -0.05) is 30.8 Å². The molecule has 16 heavy (non-hydrogen) atoms. The van der Waals surface area contributed by atoms with E-state index < -0.39 is 15.6 Å². The van der Waals surface area contributed by atoms with E-state index in [-0.39, 0.29) is 5.84 Å². The van der Waals surface area contributed by atoms with Crippen LogP contribution in [0.5, 0.6) is 0 Å². The molecule has 1 fully saturated rings. The number of nitrogens with two attached hydrogens (primary N) is 1. The maximum atomic E-state index is 11.3. The molecule has 1 rings (SSSR count). The SMILES string of the molecule is CS(=O)(=O)NC1(/C(N)=N/O)CCCCCC1. The fraction of sp³-hybridized carbons (Fsp3) is 0.889. The Hall–Kier alpha value is -0.820. The van der Waals surface area contributed by atoms with E-state index in [1.807, 2.05) is 0 Å². The fourth-order valence-corrected chi connectivity index (χ4v) is 3.21. The molecule has 4 N–H and O–H groups in total. The van der Waals surface area contributed by atoms with Crippen LogP contribution >= 0.6 is 0 Å². The van der Waals surface area contributed by atoms with E-state index in [0.29, 0.717) is 12.8 Å². The highest BCUT2D eigenvalue weighted by Gasteiger charge is 2.38. The van der Waals surface area contributed by atoms with E-state index in [1.165, 1.54) is 0 Å². The van der Waals surface area contributed by atoms with Gasteiger partial charge in [-0.2, -0.15) is 0 Å². The van der Waals surface area contributed by atoms with Gasteiger partial charge in [0.1, 0.15) is 0 Å². The fourth-order valence-electron chi connectivity index (χ4n) is 2.19. The molecule has 1 saturated carbocycles. The average Bonchev–Trinajstić information content (AvgIpc) is 2.40. The first-order chi connectivity index (χ1) is 7.40. The lowest BCUT2D eigenvalue weighted by Crippen LogP contribution is -2.56. The second-order valence-corrected chi connectivity index (χ2v) is 6.10. The summed E-state index contributed by atoms with van der Waals surface area (Å²) in [4.78, 5) is 0. The van der Waals surface area contributed by atoms with Gasteiger partial charge in [0.2, 0.25) is 10.0 Å². The van der Waals surface area contributed by atoms with Crippen LogP contribution in [0.2, 0.25) is 0 Å². The first-order valence-electron chi connectivity index (χ1n) is 5.37. The normalized spacial score (nSPS) is 22.7. The molecule has 1 aliphatic rings. The zero-order chi connectivity index (χ0) is 12.2. The molecule has 6 nitrogen and oxygen atoms in total. The van der Waals surface area contributed by atoms with Crippen molar-refractivity contribution in [2.24, 2.45) is 10.9 Å². The monoisotopic (exact) mass is 249 g/mol. The molecule has 0 aromatic rings. The molecule has 0 heterocycles. The van der Waals surface area contributed by atoms with Crippen LogP contribution in [-0.2, 0) is 10.0 Å². The Kier molecular flexibility index (Phi) is 4.15. The Bertz CT molecular complexity index is 356. The van der Waals surface area contributed by atoms with E-state index >= 15 is 0 Å². The molecule has 0 aromatic carbocycles. The Labute approximate surface area is 95.9 Å². The molecular weight excluding hydrogens is 230 g/mol. The lowest BCUT2D eigenvalue weighted by Gasteiger charge is -2.31. The molecule has 0 aromatic heterocycles. The smallest absolute Gasteiger partial charge is 0.209 e. The number of nitrogens with one attached hydrogen (secondary N) is 1. The van der Waals surface area contributed by atoms with Crippen LogP contribution in [0.4, 0.5) is 0 Å². The molecule has 0 bridgehead atoms. The van der Waals surface area contributed by atoms with E-state index in [0.717, 1.165) is 31.9 Å². The van der Waals surface area contributed by atoms with Gasteiger partial charge < -0.3 is 10.9 Å². The standard InChI is InChI=1S/C9H19N3O3S/c1-16(14,15)12-9(8(10)11-13)6-4-2-3-5-7-9/h12-13H,2-7H2,1H3,(H2,10,11). The van der Waals surface area contributed by atoms with Crippen molar-refractivity contribution in [2.75, 3.05) is 6.26 Å². The number of oxime groups is 1. The van der Waals surface area contributed by atoms with Crippen LogP contribution in [0.1, 0.15) is 38.5 Å². The van der Waals surface area contributed by atoms with Crippen LogP contribution < -0.4 is 10.5 Å². The highest BCUT2D eigenvalue weighted by molar-refractivity contribution is 7.88. The maximum absolute atomic E-state index is 11.3. The van der Waals surface area contributed by atoms with Crippen LogP contribution in [0.25, 0.3) is 0 Å². The lowest BCUT2D eigenvalue weighted by atomic mass is 9.90. The number of nitrogens with zero attached hydrogens (tertiary/aromatic N) is 1. The van der Waals surface area contributed by atoms with Gasteiger partial charge in [0.25, 0.3) is 0 Å². The third kappa shape index (κ3) is 3.34. The summed E-state index contributed by atoms with van der Waals surface area (Å²) in [5.41, 5.74) is 4.73. The molecular formula is C9H19N3O3S. The largest absolute Gasteiger partial charge is 0.409 e. The second kappa shape index (κ2) is 5.01. The van der Waals surface area contributed by atoms with Crippen molar-refractivity contribution in [1.29, 1.82) is 0 Å². The van der Waals surface area contributed by atoms with E-state index in [9.17, 15) is 8.42 Å². The Balaban J connectivity index is 3.00. The third-order valence-electron chi connectivity index (χ3n) is 2.94. The second-order valence-electron chi connectivity index (χ2n) is 4.36. The minimum Gasteiger partial charge on any atom is -0.409 e. The van der Waals surface area contributed by atoms with Gasteiger partial charge in [0.05, 0.1) is 11.8 Å². The van der Waals surface area contributed by atoms with Crippen LogP contribution in [0.15, 0.2) is 5.16 Å². The number of hydrogen-bond acceptors (Lipinski definition) is 4. The molecule has 0 radical (unpaired) electrons. The van der Waals surface area contributed by atoms with Crippen molar-refractivity contribution < 1.29 is 13.6 Å². The van der Waals surface area contributed by atoms with Gasteiger partial charge in [-0.05, 0) is 12.8 Å². The minimum atomic E-state index is -3.38. The summed E-state index contributed by atoms with van der Waals surface area (Å²) in [6.45, 7) is 0. The zero-order valence-electron chi connectivity index (χ0n) is 9.44. The van der Waals surface area contributed by atoms with Crippen molar-refractivity contribution >= 4 is 15.9 Å². The van der Waals surface area contributed by atoms with Crippen molar-refractivity contribution in [2.45, 2.75) is 44.1 Å². The van der Waals surface area contributed by atoms with E-state index in [4.69, 9.17) is 10.9 Å². The van der Waals surface area contributed by atoms with Crippen LogP contribution in [0.3, 0.4) is 0 Å². The first kappa shape index (κ1) is 13.2. The minimum absolute atomic E-state index is 0.0418. The van der Waals surface area contributed by atoms with Crippen molar-refractivity contribution in [3.63, 3.8) is 0 Å². The highest BCUT2D eigenvalue weighted by atomic mass is 32.2. The summed E-state index contributed by atoms with van der Waals surface area (Å²) in [6, 6.07) is 0. The van der Waals surface area contributed by atoms with Crippen molar-refractivity contribution in [3.05, 3.63) is 0 Å². The topological polar surface area (TPSA) is 105 Å². The Morgan fingerprint density at radius 1 is 1.31 bits per heavy atom. The molecule has 0 atom stereocenters. The van der Waals surface area contributed by atoms with Crippen molar-refractivity contribution in [3.8, 4) is 0 Å². The summed E-state index contributed by atoms with van der Waals surface area (Å²) in [5, 5.41) is 11.7. The van der Waals surface area contributed by atoms with Gasteiger partial charge in [-0.3, -0.25) is 0 Å².